The molecule has 2 aromatic rings. The molecule has 0 saturated carbocycles. The van der Waals surface area contributed by atoms with Crippen LogP contribution in [0.5, 0.6) is 0 Å². The molecular formula is C19H30N6O. The van der Waals surface area contributed by atoms with Gasteiger partial charge in [0, 0.05) is 57.9 Å². The van der Waals surface area contributed by atoms with Crippen LogP contribution in [0.2, 0.25) is 0 Å². The normalized spacial score (nSPS) is 22.2. The lowest BCUT2D eigenvalue weighted by atomic mass is 9.87. The molecular weight excluding hydrogens is 328 g/mol. The Labute approximate surface area is 155 Å². The Balaban J connectivity index is 1.71. The summed E-state index contributed by atoms with van der Waals surface area (Å²) in [6.07, 6.45) is 9.06. The molecule has 0 spiro atoms. The molecule has 1 unspecified atom stereocenters. The largest absolute Gasteiger partial charge is 0.336 e. The molecule has 2 aromatic heterocycles. The Morgan fingerprint density at radius 3 is 2.69 bits per heavy atom. The lowest BCUT2D eigenvalue weighted by molar-refractivity contribution is -0.137. The van der Waals surface area contributed by atoms with Crippen molar-refractivity contribution >= 4 is 5.91 Å². The number of nitrogens with one attached hydrogen (secondary N) is 1. The van der Waals surface area contributed by atoms with Crippen LogP contribution in [-0.4, -0.2) is 49.8 Å². The molecule has 3 atom stereocenters. The fraction of sp³-hybridized carbons (Fsp3) is 0.632. The summed E-state index contributed by atoms with van der Waals surface area (Å²) < 4.78 is 4.00. The minimum absolute atomic E-state index is 0.0151. The van der Waals surface area contributed by atoms with E-state index in [1.54, 1.807) is 6.20 Å². The van der Waals surface area contributed by atoms with Gasteiger partial charge in [-0.2, -0.15) is 5.10 Å². The zero-order chi connectivity index (χ0) is 18.7. The fourth-order valence-corrected chi connectivity index (χ4v) is 3.80. The van der Waals surface area contributed by atoms with Crippen LogP contribution < -0.4 is 5.32 Å². The highest BCUT2D eigenvalue weighted by molar-refractivity contribution is 5.77. The average molecular weight is 358 g/mol. The van der Waals surface area contributed by atoms with Gasteiger partial charge in [0.05, 0.1) is 12.6 Å². The van der Waals surface area contributed by atoms with Gasteiger partial charge in [-0.05, 0) is 24.3 Å². The van der Waals surface area contributed by atoms with Gasteiger partial charge in [0.1, 0.15) is 5.82 Å². The first kappa shape index (κ1) is 18.6. The van der Waals surface area contributed by atoms with E-state index in [0.717, 1.165) is 25.3 Å². The van der Waals surface area contributed by atoms with E-state index in [1.807, 2.05) is 52.9 Å². The van der Waals surface area contributed by atoms with E-state index in [4.69, 9.17) is 0 Å². The standard InChI is InChI=1S/C19H30N6O/c1-14(2)16(13-25-10-5-8-22-25)21-12-15-6-7-17(26)24(4)18(15)19-20-9-11-23(19)3/h5,8-11,14-16,18,21H,6-7,12-13H2,1-4H3/t15-,16?,18+/m1/s1. The summed E-state index contributed by atoms with van der Waals surface area (Å²) in [7, 11) is 3.89. The first-order valence-electron chi connectivity index (χ1n) is 9.41. The molecule has 0 aromatic carbocycles. The van der Waals surface area contributed by atoms with Crippen LogP contribution >= 0.6 is 0 Å². The van der Waals surface area contributed by atoms with E-state index in [1.165, 1.54) is 0 Å². The summed E-state index contributed by atoms with van der Waals surface area (Å²) in [5, 5.41) is 8.07. The molecule has 26 heavy (non-hydrogen) atoms. The molecule has 1 fully saturated rings. The minimum atomic E-state index is 0.0151. The fourth-order valence-electron chi connectivity index (χ4n) is 3.80. The summed E-state index contributed by atoms with van der Waals surface area (Å²) in [5.74, 6) is 2.00. The van der Waals surface area contributed by atoms with Gasteiger partial charge in [0.15, 0.2) is 0 Å². The van der Waals surface area contributed by atoms with E-state index >= 15 is 0 Å². The van der Waals surface area contributed by atoms with Gasteiger partial charge in [0.25, 0.3) is 0 Å². The molecule has 1 N–H and O–H groups in total. The minimum Gasteiger partial charge on any atom is -0.336 e. The smallest absolute Gasteiger partial charge is 0.222 e. The van der Waals surface area contributed by atoms with Gasteiger partial charge in [-0.15, -0.1) is 0 Å². The van der Waals surface area contributed by atoms with Gasteiger partial charge in [-0.3, -0.25) is 9.48 Å². The molecule has 1 saturated heterocycles. The average Bonchev–Trinajstić information content (AvgIpc) is 3.26. The molecule has 1 aliphatic heterocycles. The van der Waals surface area contributed by atoms with Crippen LogP contribution in [0.4, 0.5) is 0 Å². The van der Waals surface area contributed by atoms with E-state index in [2.05, 4.69) is 29.2 Å². The number of aromatic nitrogens is 4. The van der Waals surface area contributed by atoms with Crippen molar-refractivity contribution in [3.8, 4) is 0 Å². The Hall–Kier alpha value is -2.15. The van der Waals surface area contributed by atoms with Crippen molar-refractivity contribution in [3.05, 3.63) is 36.7 Å². The van der Waals surface area contributed by atoms with Crippen molar-refractivity contribution in [1.29, 1.82) is 0 Å². The summed E-state index contributed by atoms with van der Waals surface area (Å²) in [5.41, 5.74) is 0. The Bertz CT molecular complexity index is 707. The molecule has 3 rings (SSSR count). The number of amides is 1. The van der Waals surface area contributed by atoms with E-state index in [9.17, 15) is 4.79 Å². The summed E-state index contributed by atoms with van der Waals surface area (Å²) in [6.45, 7) is 6.17. The van der Waals surface area contributed by atoms with Crippen molar-refractivity contribution in [2.75, 3.05) is 13.6 Å². The zero-order valence-electron chi connectivity index (χ0n) is 16.2. The Kier molecular flexibility index (Phi) is 5.76. The number of hydrogen-bond donors (Lipinski definition) is 1. The number of aryl methyl sites for hydroxylation is 1. The predicted molar refractivity (Wildman–Crippen MR) is 100 cm³/mol. The molecule has 0 bridgehead atoms. The van der Waals surface area contributed by atoms with Crippen LogP contribution in [0.15, 0.2) is 30.9 Å². The van der Waals surface area contributed by atoms with Crippen LogP contribution in [0.1, 0.15) is 38.6 Å². The SMILES string of the molecule is CC(C)C(Cn1cccn1)NC[C@H]1CCC(=O)N(C)[C@@H]1c1nccn1C. The number of piperidine rings is 1. The van der Waals surface area contributed by atoms with Gasteiger partial charge in [-0.25, -0.2) is 4.98 Å². The molecule has 7 heteroatoms. The van der Waals surface area contributed by atoms with E-state index in [0.29, 0.717) is 24.3 Å². The molecule has 1 aliphatic rings. The first-order valence-corrected chi connectivity index (χ1v) is 9.41. The monoisotopic (exact) mass is 358 g/mol. The highest BCUT2D eigenvalue weighted by Gasteiger charge is 2.37. The second-order valence-electron chi connectivity index (χ2n) is 7.63. The topological polar surface area (TPSA) is 68.0 Å². The van der Waals surface area contributed by atoms with Crippen LogP contribution in [-0.2, 0) is 18.4 Å². The van der Waals surface area contributed by atoms with E-state index < -0.39 is 0 Å². The lowest BCUT2D eigenvalue weighted by Crippen LogP contribution is -2.47. The Morgan fingerprint density at radius 2 is 2.08 bits per heavy atom. The Morgan fingerprint density at radius 1 is 1.27 bits per heavy atom. The lowest BCUT2D eigenvalue weighted by Gasteiger charge is -2.39. The van der Waals surface area contributed by atoms with Gasteiger partial charge in [-0.1, -0.05) is 13.8 Å². The number of carbonyl (C=O) groups is 1. The number of rotatable bonds is 7. The molecule has 7 nitrogen and oxygen atoms in total. The van der Waals surface area contributed by atoms with Gasteiger partial charge in [0.2, 0.25) is 5.91 Å². The van der Waals surface area contributed by atoms with Crippen molar-refractivity contribution in [1.82, 2.24) is 29.5 Å². The number of nitrogens with zero attached hydrogens (tertiary/aromatic N) is 5. The van der Waals surface area contributed by atoms with Crippen LogP contribution in [0, 0.1) is 11.8 Å². The van der Waals surface area contributed by atoms with Crippen molar-refractivity contribution < 1.29 is 4.79 Å². The third-order valence-corrected chi connectivity index (χ3v) is 5.50. The number of carbonyl (C=O) groups excluding carboxylic acids is 1. The molecule has 0 aliphatic carbocycles. The summed E-state index contributed by atoms with van der Waals surface area (Å²) >= 11 is 0. The third-order valence-electron chi connectivity index (χ3n) is 5.50. The molecule has 142 valence electrons. The maximum absolute atomic E-state index is 12.3. The van der Waals surface area contributed by atoms with Gasteiger partial charge >= 0.3 is 0 Å². The quantitative estimate of drug-likeness (QED) is 0.820. The zero-order valence-corrected chi connectivity index (χ0v) is 16.2. The number of likely N-dealkylation sites (tertiary alicyclic amines) is 1. The van der Waals surface area contributed by atoms with Crippen LogP contribution in [0.3, 0.4) is 0 Å². The highest BCUT2D eigenvalue weighted by Crippen LogP contribution is 2.34. The molecule has 3 heterocycles. The van der Waals surface area contributed by atoms with Crippen molar-refractivity contribution in [2.45, 2.75) is 45.3 Å². The maximum Gasteiger partial charge on any atom is 0.222 e. The van der Waals surface area contributed by atoms with E-state index in [-0.39, 0.29) is 11.9 Å². The molecule has 0 radical (unpaired) electrons. The second kappa shape index (κ2) is 8.03. The highest BCUT2D eigenvalue weighted by atomic mass is 16.2. The van der Waals surface area contributed by atoms with Crippen molar-refractivity contribution in [3.63, 3.8) is 0 Å². The molecule has 1 amide bonds. The maximum atomic E-state index is 12.3. The first-order chi connectivity index (χ1) is 12.5. The predicted octanol–water partition coefficient (Wildman–Crippen LogP) is 1.84. The third kappa shape index (κ3) is 3.98. The summed E-state index contributed by atoms with van der Waals surface area (Å²) in [6, 6.07) is 2.30. The van der Waals surface area contributed by atoms with Crippen LogP contribution in [0.25, 0.3) is 0 Å². The van der Waals surface area contributed by atoms with Gasteiger partial charge < -0.3 is 14.8 Å². The van der Waals surface area contributed by atoms with Crippen molar-refractivity contribution in [2.24, 2.45) is 18.9 Å². The second-order valence-corrected chi connectivity index (χ2v) is 7.63. The summed E-state index contributed by atoms with van der Waals surface area (Å²) in [4.78, 5) is 18.7. The number of imidazole rings is 1. The number of hydrogen-bond acceptors (Lipinski definition) is 4.